The quantitative estimate of drug-likeness (QED) is 0.920. The molecule has 5 heteroatoms. The summed E-state index contributed by atoms with van der Waals surface area (Å²) in [6.45, 7) is 3.40. The van der Waals surface area contributed by atoms with Crippen LogP contribution in [0.15, 0.2) is 23.7 Å². The van der Waals surface area contributed by atoms with Gasteiger partial charge in [-0.25, -0.2) is 4.98 Å². The Kier molecular flexibility index (Phi) is 2.97. The summed E-state index contributed by atoms with van der Waals surface area (Å²) in [6, 6.07) is 6.08. The molecule has 3 aliphatic rings. The number of aromatic nitrogens is 1. The van der Waals surface area contributed by atoms with Crippen molar-refractivity contribution < 1.29 is 4.79 Å². The largest absolute Gasteiger partial charge is 0.348 e. The summed E-state index contributed by atoms with van der Waals surface area (Å²) in [7, 11) is 0. The number of amides is 1. The summed E-state index contributed by atoms with van der Waals surface area (Å²) < 4.78 is 0.992. The van der Waals surface area contributed by atoms with Crippen molar-refractivity contribution in [1.29, 1.82) is 0 Å². The van der Waals surface area contributed by atoms with Gasteiger partial charge in [-0.05, 0) is 44.0 Å². The van der Waals surface area contributed by atoms with Gasteiger partial charge in [0, 0.05) is 12.6 Å². The molecule has 1 aromatic carbocycles. The van der Waals surface area contributed by atoms with Gasteiger partial charge in [-0.2, -0.15) is 0 Å². The molecule has 2 aromatic rings. The summed E-state index contributed by atoms with van der Waals surface area (Å²) in [5.74, 6) is 0.711. The molecule has 0 spiro atoms. The lowest BCUT2D eigenvalue weighted by Crippen LogP contribution is -2.57. The zero-order chi connectivity index (χ0) is 13.5. The van der Waals surface area contributed by atoms with Crippen LogP contribution in [0.3, 0.4) is 0 Å². The molecule has 0 aliphatic carbocycles. The summed E-state index contributed by atoms with van der Waals surface area (Å²) in [6.07, 6.45) is 2.44. The Morgan fingerprint density at radius 2 is 2.20 bits per heavy atom. The van der Waals surface area contributed by atoms with Crippen LogP contribution < -0.4 is 5.32 Å². The third-order valence-electron chi connectivity index (χ3n) is 4.57. The molecule has 1 unspecified atom stereocenters. The summed E-state index contributed by atoms with van der Waals surface area (Å²) in [4.78, 5) is 19.3. The number of hydrogen-bond acceptors (Lipinski definition) is 4. The second-order valence-electron chi connectivity index (χ2n) is 5.72. The SMILES string of the molecule is O=C(NC1CN2CCC1CC2)c1cccc2ncsc12. The molecule has 1 aromatic heterocycles. The number of thiazole rings is 1. The van der Waals surface area contributed by atoms with E-state index in [-0.39, 0.29) is 5.91 Å². The van der Waals surface area contributed by atoms with E-state index in [0.29, 0.717) is 12.0 Å². The van der Waals surface area contributed by atoms with Crippen molar-refractivity contribution in [2.45, 2.75) is 18.9 Å². The lowest BCUT2D eigenvalue weighted by molar-refractivity contribution is 0.0621. The molecule has 3 aliphatic heterocycles. The van der Waals surface area contributed by atoms with Crippen molar-refractivity contribution in [2.24, 2.45) is 5.92 Å². The minimum Gasteiger partial charge on any atom is -0.348 e. The van der Waals surface area contributed by atoms with E-state index >= 15 is 0 Å². The molecule has 104 valence electrons. The minimum absolute atomic E-state index is 0.0543. The number of nitrogens with zero attached hydrogens (tertiary/aromatic N) is 2. The number of rotatable bonds is 2. The maximum atomic E-state index is 12.6. The van der Waals surface area contributed by atoms with Gasteiger partial charge in [0.05, 0.1) is 21.3 Å². The predicted octanol–water partition coefficient (Wildman–Crippen LogP) is 2.12. The molecule has 0 radical (unpaired) electrons. The van der Waals surface area contributed by atoms with E-state index in [4.69, 9.17) is 0 Å². The first-order valence-electron chi connectivity index (χ1n) is 7.17. The van der Waals surface area contributed by atoms with Crippen LogP contribution >= 0.6 is 11.3 Å². The highest BCUT2D eigenvalue weighted by Gasteiger charge is 2.35. The Balaban J connectivity index is 1.57. The highest BCUT2D eigenvalue weighted by Crippen LogP contribution is 2.28. The molecule has 4 heterocycles. The summed E-state index contributed by atoms with van der Waals surface area (Å²) in [5, 5.41) is 3.25. The van der Waals surface area contributed by atoms with Gasteiger partial charge in [0.15, 0.2) is 0 Å². The Bertz CT molecular complexity index is 645. The van der Waals surface area contributed by atoms with Gasteiger partial charge in [-0.15, -0.1) is 11.3 Å². The molecule has 0 saturated carbocycles. The van der Waals surface area contributed by atoms with E-state index in [9.17, 15) is 4.79 Å². The van der Waals surface area contributed by atoms with Crippen molar-refractivity contribution in [1.82, 2.24) is 15.2 Å². The van der Waals surface area contributed by atoms with Crippen molar-refractivity contribution in [3.8, 4) is 0 Å². The van der Waals surface area contributed by atoms with Crippen LogP contribution in [0.4, 0.5) is 0 Å². The molecule has 5 rings (SSSR count). The maximum Gasteiger partial charge on any atom is 0.253 e. The summed E-state index contributed by atoms with van der Waals surface area (Å²) >= 11 is 1.54. The fourth-order valence-corrected chi connectivity index (χ4v) is 4.24. The Morgan fingerprint density at radius 3 is 2.95 bits per heavy atom. The zero-order valence-electron chi connectivity index (χ0n) is 11.2. The van der Waals surface area contributed by atoms with Crippen LogP contribution in [-0.4, -0.2) is 41.5 Å². The Morgan fingerprint density at radius 1 is 1.35 bits per heavy atom. The van der Waals surface area contributed by atoms with Crippen LogP contribution in [0.5, 0.6) is 0 Å². The molecule has 1 N–H and O–H groups in total. The molecule has 1 amide bonds. The van der Waals surface area contributed by atoms with Crippen molar-refractivity contribution in [2.75, 3.05) is 19.6 Å². The van der Waals surface area contributed by atoms with Crippen LogP contribution in [-0.2, 0) is 0 Å². The number of carbonyl (C=O) groups is 1. The molecule has 2 bridgehead atoms. The third kappa shape index (κ3) is 2.01. The van der Waals surface area contributed by atoms with E-state index in [1.165, 1.54) is 37.3 Å². The maximum absolute atomic E-state index is 12.6. The molecule has 20 heavy (non-hydrogen) atoms. The van der Waals surface area contributed by atoms with Crippen molar-refractivity contribution >= 4 is 27.5 Å². The number of carbonyl (C=O) groups excluding carboxylic acids is 1. The minimum atomic E-state index is 0.0543. The normalized spacial score (nSPS) is 28.7. The van der Waals surface area contributed by atoms with Crippen molar-refractivity contribution in [3.05, 3.63) is 29.3 Å². The number of nitrogens with one attached hydrogen (secondary N) is 1. The third-order valence-corrected chi connectivity index (χ3v) is 5.45. The van der Waals surface area contributed by atoms with Gasteiger partial charge in [0.25, 0.3) is 5.91 Å². The Labute approximate surface area is 121 Å². The van der Waals surface area contributed by atoms with E-state index in [0.717, 1.165) is 22.3 Å². The fourth-order valence-electron chi connectivity index (χ4n) is 3.44. The lowest BCUT2D eigenvalue weighted by atomic mass is 9.84. The van der Waals surface area contributed by atoms with Gasteiger partial charge in [0.2, 0.25) is 0 Å². The molecular formula is C15H17N3OS. The first kappa shape index (κ1) is 12.3. The number of fused-ring (bicyclic) bond motifs is 4. The first-order chi connectivity index (χ1) is 9.81. The highest BCUT2D eigenvalue weighted by atomic mass is 32.1. The number of hydrogen-bond donors (Lipinski definition) is 1. The Hall–Kier alpha value is -1.46. The summed E-state index contributed by atoms with van der Waals surface area (Å²) in [5.41, 5.74) is 3.48. The fraction of sp³-hybridized carbons (Fsp3) is 0.467. The standard InChI is InChI=1S/C15H17N3OS/c19-15(11-2-1-3-12-14(11)20-9-16-12)17-13-8-18-6-4-10(13)5-7-18/h1-3,9-10,13H,4-8H2,(H,17,19). The predicted molar refractivity (Wildman–Crippen MR) is 80.0 cm³/mol. The average Bonchev–Trinajstić information content (AvgIpc) is 2.96. The molecule has 3 fully saturated rings. The second kappa shape index (κ2) is 4.82. The van der Waals surface area contributed by atoms with Crippen LogP contribution in [0.25, 0.3) is 10.2 Å². The van der Waals surface area contributed by atoms with Gasteiger partial charge in [-0.1, -0.05) is 6.07 Å². The topological polar surface area (TPSA) is 45.2 Å². The first-order valence-corrected chi connectivity index (χ1v) is 8.04. The second-order valence-corrected chi connectivity index (χ2v) is 6.58. The number of benzene rings is 1. The van der Waals surface area contributed by atoms with Gasteiger partial charge >= 0.3 is 0 Å². The lowest BCUT2D eigenvalue weighted by Gasteiger charge is -2.44. The van der Waals surface area contributed by atoms with Crippen LogP contribution in [0.1, 0.15) is 23.2 Å². The average molecular weight is 287 g/mol. The van der Waals surface area contributed by atoms with Gasteiger partial charge < -0.3 is 10.2 Å². The molecule has 3 saturated heterocycles. The molecule has 4 nitrogen and oxygen atoms in total. The van der Waals surface area contributed by atoms with E-state index in [1.807, 2.05) is 18.2 Å². The van der Waals surface area contributed by atoms with Crippen molar-refractivity contribution in [3.63, 3.8) is 0 Å². The van der Waals surface area contributed by atoms with Crippen LogP contribution in [0, 0.1) is 5.92 Å². The monoisotopic (exact) mass is 287 g/mol. The molecule has 1 atom stereocenters. The van der Waals surface area contributed by atoms with Crippen LogP contribution in [0.2, 0.25) is 0 Å². The molecular weight excluding hydrogens is 270 g/mol. The van der Waals surface area contributed by atoms with Gasteiger partial charge in [0.1, 0.15) is 0 Å². The zero-order valence-corrected chi connectivity index (χ0v) is 12.0. The van der Waals surface area contributed by atoms with E-state index in [2.05, 4.69) is 15.2 Å². The highest BCUT2D eigenvalue weighted by molar-refractivity contribution is 7.17. The smallest absolute Gasteiger partial charge is 0.253 e. The van der Waals surface area contributed by atoms with E-state index < -0.39 is 0 Å². The number of piperidine rings is 3. The van der Waals surface area contributed by atoms with E-state index in [1.54, 1.807) is 5.51 Å². The van der Waals surface area contributed by atoms with Gasteiger partial charge in [-0.3, -0.25) is 4.79 Å².